The van der Waals surface area contributed by atoms with E-state index in [4.69, 9.17) is 9.47 Å². The number of methoxy groups -OCH3 is 2. The van der Waals surface area contributed by atoms with Crippen molar-refractivity contribution in [2.45, 2.75) is 32.7 Å². The minimum atomic E-state index is -0.371. The molecule has 1 aliphatic carbocycles. The Bertz CT molecular complexity index is 1020. The molecule has 2 aromatic carbocycles. The Labute approximate surface area is 191 Å². The predicted molar refractivity (Wildman–Crippen MR) is 126 cm³/mol. The van der Waals surface area contributed by atoms with Crippen LogP contribution in [0.1, 0.15) is 38.3 Å². The number of allylic oxidation sites excluding steroid dienone is 1. The van der Waals surface area contributed by atoms with Crippen LogP contribution in [0.3, 0.4) is 0 Å². The fourth-order valence-electron chi connectivity index (χ4n) is 4.27. The van der Waals surface area contributed by atoms with E-state index in [1.165, 1.54) is 0 Å². The summed E-state index contributed by atoms with van der Waals surface area (Å²) in [7, 11) is 3.27. The molecule has 7 heteroatoms. The molecule has 0 saturated heterocycles. The van der Waals surface area contributed by atoms with Crippen molar-refractivity contribution >= 4 is 45.5 Å². The lowest BCUT2D eigenvalue weighted by Crippen LogP contribution is -2.31. The molecule has 0 saturated carbocycles. The van der Waals surface area contributed by atoms with E-state index in [0.717, 1.165) is 39.1 Å². The van der Waals surface area contributed by atoms with E-state index in [2.05, 4.69) is 40.4 Å². The second-order valence-corrected chi connectivity index (χ2v) is 9.07. The number of ether oxygens (including phenoxy) is 2. The number of benzene rings is 2. The van der Waals surface area contributed by atoms with Gasteiger partial charge < -0.3 is 20.1 Å². The summed E-state index contributed by atoms with van der Waals surface area (Å²) in [6.45, 7) is 4.27. The summed E-state index contributed by atoms with van der Waals surface area (Å²) in [4.78, 5) is 13.4. The highest BCUT2D eigenvalue weighted by molar-refractivity contribution is 9.10. The normalized spacial score (nSPS) is 19.4. The molecule has 0 amide bonds. The van der Waals surface area contributed by atoms with Crippen molar-refractivity contribution in [3.8, 4) is 11.5 Å². The fourth-order valence-corrected chi connectivity index (χ4v) is 4.98. The summed E-state index contributed by atoms with van der Waals surface area (Å²) in [5.74, 6) is 1.53. The highest BCUT2D eigenvalue weighted by atomic mass is 79.9. The quantitative estimate of drug-likeness (QED) is 0.540. The molecule has 1 aliphatic heterocycles. The average molecular weight is 494 g/mol. The molecule has 160 valence electrons. The van der Waals surface area contributed by atoms with Gasteiger partial charge in [0.2, 0.25) is 0 Å². The molecule has 1 heterocycles. The molecule has 0 fully saturated rings. The minimum absolute atomic E-state index is 0. The third-order valence-electron chi connectivity index (χ3n) is 5.55. The Hall–Kier alpha value is -2.18. The van der Waals surface area contributed by atoms with Crippen molar-refractivity contribution in [2.24, 2.45) is 5.41 Å². The van der Waals surface area contributed by atoms with Crippen molar-refractivity contribution in [1.29, 1.82) is 0 Å². The maximum atomic E-state index is 13.4. The molecule has 0 aromatic heterocycles. The van der Waals surface area contributed by atoms with Gasteiger partial charge in [0, 0.05) is 23.3 Å². The lowest BCUT2D eigenvalue weighted by molar-refractivity contribution is -0.118. The van der Waals surface area contributed by atoms with Crippen LogP contribution in [0.5, 0.6) is 11.5 Å². The van der Waals surface area contributed by atoms with Crippen LogP contribution in [0.15, 0.2) is 52.1 Å². The van der Waals surface area contributed by atoms with Crippen LogP contribution in [0, 0.1) is 5.41 Å². The van der Waals surface area contributed by atoms with Gasteiger partial charge in [-0.15, -0.1) is 12.4 Å². The van der Waals surface area contributed by atoms with Crippen molar-refractivity contribution in [3.05, 3.63) is 57.7 Å². The topological polar surface area (TPSA) is 59.6 Å². The summed E-state index contributed by atoms with van der Waals surface area (Å²) in [6.07, 6.45) is 1.30. The Kier molecular flexibility index (Phi) is 6.39. The summed E-state index contributed by atoms with van der Waals surface area (Å²) in [5.41, 5.74) is 4.38. The zero-order chi connectivity index (χ0) is 20.8. The number of Topliss-reactive ketones (excluding diaryl/α,β-unsaturated/α-hetero) is 1. The number of fused-ring (bicyclic) bond motifs is 1. The number of para-hydroxylation sites is 2. The van der Waals surface area contributed by atoms with Crippen LogP contribution in [0.2, 0.25) is 0 Å². The first kappa shape index (κ1) is 22.5. The molecule has 0 radical (unpaired) electrons. The van der Waals surface area contributed by atoms with Gasteiger partial charge in [-0.3, -0.25) is 4.79 Å². The molecule has 1 unspecified atom stereocenters. The van der Waals surface area contributed by atoms with Gasteiger partial charge in [-0.25, -0.2) is 0 Å². The lowest BCUT2D eigenvalue weighted by Gasteiger charge is -2.34. The predicted octanol–water partition coefficient (Wildman–Crippen LogP) is 6.11. The van der Waals surface area contributed by atoms with Gasteiger partial charge in [-0.1, -0.05) is 26.0 Å². The van der Waals surface area contributed by atoms with Gasteiger partial charge in [0.1, 0.15) is 11.5 Å². The van der Waals surface area contributed by atoms with Gasteiger partial charge in [0.15, 0.2) is 5.78 Å². The van der Waals surface area contributed by atoms with E-state index >= 15 is 0 Å². The third-order valence-corrected chi connectivity index (χ3v) is 6.37. The maximum Gasteiger partial charge on any atom is 0.163 e. The number of carbonyl (C=O) groups is 1. The first-order chi connectivity index (χ1) is 13.8. The van der Waals surface area contributed by atoms with E-state index in [0.29, 0.717) is 17.9 Å². The molecular formula is C23H26BrClN2O3. The van der Waals surface area contributed by atoms with Crippen LogP contribution in [-0.2, 0) is 4.79 Å². The average Bonchev–Trinajstić information content (AvgIpc) is 2.82. The SMILES string of the molecule is COc1ccc(OC)c(C2Nc3ccccc3NC3=C2C(=O)CC(C)(C)C3)c1Br.Cl. The van der Waals surface area contributed by atoms with Gasteiger partial charge in [0.25, 0.3) is 0 Å². The Morgan fingerprint density at radius 1 is 1.00 bits per heavy atom. The number of nitrogens with one attached hydrogen (secondary N) is 2. The van der Waals surface area contributed by atoms with Crippen LogP contribution < -0.4 is 20.1 Å². The number of hydrogen-bond acceptors (Lipinski definition) is 5. The van der Waals surface area contributed by atoms with Crippen molar-refractivity contribution in [1.82, 2.24) is 0 Å². The molecule has 30 heavy (non-hydrogen) atoms. The monoisotopic (exact) mass is 492 g/mol. The Morgan fingerprint density at radius 3 is 2.30 bits per heavy atom. The van der Waals surface area contributed by atoms with E-state index in [1.54, 1.807) is 14.2 Å². The van der Waals surface area contributed by atoms with Crippen LogP contribution >= 0.6 is 28.3 Å². The van der Waals surface area contributed by atoms with E-state index in [1.807, 2.05) is 36.4 Å². The molecule has 0 spiro atoms. The van der Waals surface area contributed by atoms with Crippen molar-refractivity contribution < 1.29 is 14.3 Å². The number of hydrogen-bond donors (Lipinski definition) is 2. The molecule has 4 rings (SSSR count). The number of rotatable bonds is 3. The molecule has 5 nitrogen and oxygen atoms in total. The summed E-state index contributed by atoms with van der Waals surface area (Å²) in [5, 5.41) is 7.13. The zero-order valence-electron chi connectivity index (χ0n) is 17.5. The molecular weight excluding hydrogens is 468 g/mol. The highest BCUT2D eigenvalue weighted by Gasteiger charge is 2.40. The van der Waals surface area contributed by atoms with E-state index < -0.39 is 0 Å². The molecule has 0 bridgehead atoms. The van der Waals surface area contributed by atoms with Crippen LogP contribution in [-0.4, -0.2) is 20.0 Å². The van der Waals surface area contributed by atoms with Gasteiger partial charge >= 0.3 is 0 Å². The zero-order valence-corrected chi connectivity index (χ0v) is 19.9. The Morgan fingerprint density at radius 2 is 1.63 bits per heavy atom. The minimum Gasteiger partial charge on any atom is -0.496 e. The Balaban J connectivity index is 0.00000256. The number of halogens is 2. The smallest absolute Gasteiger partial charge is 0.163 e. The van der Waals surface area contributed by atoms with E-state index in [9.17, 15) is 4.79 Å². The summed E-state index contributed by atoms with van der Waals surface area (Å²) in [6, 6.07) is 11.4. The third kappa shape index (κ3) is 3.91. The molecule has 1 atom stereocenters. The van der Waals surface area contributed by atoms with Gasteiger partial charge in [-0.2, -0.15) is 0 Å². The maximum absolute atomic E-state index is 13.4. The second-order valence-electron chi connectivity index (χ2n) is 8.28. The van der Waals surface area contributed by atoms with Crippen LogP contribution in [0.25, 0.3) is 0 Å². The standard InChI is InChI=1S/C23H25BrN2O3.ClH/c1-23(2)11-15-19(16(27)12-23)22(26-14-8-6-5-7-13(14)25-15)20-17(28-3)9-10-18(29-4)21(20)24;/h5-10,22,25-26H,11-12H2,1-4H3;1H. The van der Waals surface area contributed by atoms with Crippen LogP contribution in [0.4, 0.5) is 11.4 Å². The summed E-state index contributed by atoms with van der Waals surface area (Å²) >= 11 is 3.69. The van der Waals surface area contributed by atoms with Gasteiger partial charge in [0.05, 0.1) is 36.1 Å². The highest BCUT2D eigenvalue weighted by Crippen LogP contribution is 2.49. The largest absolute Gasteiger partial charge is 0.496 e. The first-order valence-electron chi connectivity index (χ1n) is 9.64. The van der Waals surface area contributed by atoms with Crippen molar-refractivity contribution in [2.75, 3.05) is 24.9 Å². The number of anilines is 2. The molecule has 2 aliphatic rings. The number of carbonyl (C=O) groups excluding carboxylic acids is 1. The van der Waals surface area contributed by atoms with Crippen molar-refractivity contribution in [3.63, 3.8) is 0 Å². The second kappa shape index (κ2) is 8.52. The molecule has 2 N–H and O–H groups in total. The van der Waals surface area contributed by atoms with E-state index in [-0.39, 0.29) is 29.6 Å². The van der Waals surface area contributed by atoms with Gasteiger partial charge in [-0.05, 0) is 52.0 Å². The number of ketones is 1. The fraction of sp³-hybridized carbons (Fsp3) is 0.348. The lowest BCUT2D eigenvalue weighted by atomic mass is 9.73. The molecule has 2 aromatic rings. The summed E-state index contributed by atoms with van der Waals surface area (Å²) < 4.78 is 12.0. The first-order valence-corrected chi connectivity index (χ1v) is 10.4.